The zero-order valence-electron chi connectivity index (χ0n) is 14.9. The van der Waals surface area contributed by atoms with Gasteiger partial charge in [0.15, 0.2) is 6.20 Å². The molecule has 1 fully saturated rings. The summed E-state index contributed by atoms with van der Waals surface area (Å²) in [5.74, 6) is 1.56. The van der Waals surface area contributed by atoms with Crippen molar-refractivity contribution in [1.82, 2.24) is 9.97 Å². The van der Waals surface area contributed by atoms with Crippen LogP contribution in [0, 0.1) is 6.92 Å². The third-order valence-electron chi connectivity index (χ3n) is 5.24. The zero-order valence-corrected chi connectivity index (χ0v) is 14.9. The first-order valence-corrected chi connectivity index (χ1v) is 9.11. The van der Waals surface area contributed by atoms with E-state index in [2.05, 4.69) is 66.1 Å². The Balaban J connectivity index is 1.69. The molecule has 0 aliphatic heterocycles. The van der Waals surface area contributed by atoms with Crippen molar-refractivity contribution < 1.29 is 4.57 Å². The van der Waals surface area contributed by atoms with Gasteiger partial charge in [-0.15, -0.1) is 0 Å². The largest absolute Gasteiger partial charge is 0.241 e. The fourth-order valence-corrected chi connectivity index (χ4v) is 3.81. The lowest BCUT2D eigenvalue weighted by Crippen LogP contribution is -2.31. The van der Waals surface area contributed by atoms with Crippen molar-refractivity contribution in [2.24, 2.45) is 7.05 Å². The lowest BCUT2D eigenvalue weighted by molar-refractivity contribution is -0.659. The van der Waals surface area contributed by atoms with Gasteiger partial charge >= 0.3 is 0 Å². The van der Waals surface area contributed by atoms with Crippen LogP contribution in [-0.4, -0.2) is 9.97 Å². The van der Waals surface area contributed by atoms with Crippen molar-refractivity contribution in [2.75, 3.05) is 0 Å². The lowest BCUT2D eigenvalue weighted by Gasteiger charge is -2.09. The molecule has 0 atom stereocenters. The van der Waals surface area contributed by atoms with Crippen LogP contribution < -0.4 is 4.57 Å². The van der Waals surface area contributed by atoms with Crippen molar-refractivity contribution in [3.05, 3.63) is 66.2 Å². The van der Waals surface area contributed by atoms with Gasteiger partial charge in [0.05, 0.1) is 11.3 Å². The molecule has 0 spiro atoms. The van der Waals surface area contributed by atoms with E-state index in [1.807, 2.05) is 12.3 Å². The van der Waals surface area contributed by atoms with Gasteiger partial charge in [0, 0.05) is 23.7 Å². The van der Waals surface area contributed by atoms with Gasteiger partial charge in [-0.2, -0.15) is 0 Å². The van der Waals surface area contributed by atoms with Crippen molar-refractivity contribution in [1.29, 1.82) is 0 Å². The van der Waals surface area contributed by atoms with Crippen LogP contribution in [0.15, 0.2) is 54.9 Å². The van der Waals surface area contributed by atoms with Gasteiger partial charge in [-0.3, -0.25) is 0 Å². The Hall–Kier alpha value is -2.55. The van der Waals surface area contributed by atoms with Gasteiger partial charge in [0.25, 0.3) is 0 Å². The third kappa shape index (κ3) is 3.19. The summed E-state index contributed by atoms with van der Waals surface area (Å²) in [5.41, 5.74) is 5.93. The van der Waals surface area contributed by atoms with E-state index in [0.29, 0.717) is 5.92 Å². The summed E-state index contributed by atoms with van der Waals surface area (Å²) in [6.07, 6.45) is 9.14. The molecule has 1 aliphatic carbocycles. The minimum Gasteiger partial charge on any atom is -0.241 e. The SMILES string of the molecule is Cc1ccccc1-c1ccc(-c2ccnc(C3CCCC3)n2)c[n+]1C. The Kier molecular flexibility index (Phi) is 4.31. The summed E-state index contributed by atoms with van der Waals surface area (Å²) in [4.78, 5) is 9.39. The minimum atomic E-state index is 0.542. The zero-order chi connectivity index (χ0) is 17.2. The molecular weight excluding hydrogens is 306 g/mol. The highest BCUT2D eigenvalue weighted by Gasteiger charge is 2.20. The number of nitrogens with zero attached hydrogens (tertiary/aromatic N) is 3. The molecular formula is C22H24N3+. The third-order valence-corrected chi connectivity index (χ3v) is 5.24. The van der Waals surface area contributed by atoms with Gasteiger partial charge in [-0.25, -0.2) is 14.5 Å². The van der Waals surface area contributed by atoms with E-state index in [1.54, 1.807) is 0 Å². The number of aromatic nitrogens is 3. The molecule has 0 saturated heterocycles. The average molecular weight is 330 g/mol. The van der Waals surface area contributed by atoms with Crippen LogP contribution in [0.4, 0.5) is 0 Å². The summed E-state index contributed by atoms with van der Waals surface area (Å²) >= 11 is 0. The maximum Gasteiger partial charge on any atom is 0.212 e. The molecule has 2 heterocycles. The predicted molar refractivity (Wildman–Crippen MR) is 100 cm³/mol. The Morgan fingerprint density at radius 1 is 1.00 bits per heavy atom. The molecule has 3 nitrogen and oxygen atoms in total. The molecule has 4 rings (SSSR count). The second-order valence-corrected chi connectivity index (χ2v) is 7.01. The fourth-order valence-electron chi connectivity index (χ4n) is 3.81. The van der Waals surface area contributed by atoms with E-state index in [0.717, 1.165) is 17.1 Å². The van der Waals surface area contributed by atoms with E-state index in [4.69, 9.17) is 4.98 Å². The molecule has 1 aliphatic rings. The Morgan fingerprint density at radius 2 is 1.80 bits per heavy atom. The van der Waals surface area contributed by atoms with Crippen LogP contribution in [0.3, 0.4) is 0 Å². The first kappa shape index (κ1) is 15.9. The molecule has 3 heteroatoms. The minimum absolute atomic E-state index is 0.542. The molecule has 25 heavy (non-hydrogen) atoms. The summed E-state index contributed by atoms with van der Waals surface area (Å²) in [5, 5.41) is 0. The highest BCUT2D eigenvalue weighted by molar-refractivity contribution is 5.64. The Morgan fingerprint density at radius 3 is 2.56 bits per heavy atom. The maximum atomic E-state index is 4.86. The highest BCUT2D eigenvalue weighted by atomic mass is 14.9. The van der Waals surface area contributed by atoms with Crippen molar-refractivity contribution in [3.8, 4) is 22.5 Å². The molecule has 0 bridgehead atoms. The van der Waals surface area contributed by atoms with Crippen LogP contribution in [-0.2, 0) is 7.05 Å². The Bertz CT molecular complexity index is 895. The summed E-state index contributed by atoms with van der Waals surface area (Å²) in [7, 11) is 2.10. The van der Waals surface area contributed by atoms with E-state index < -0.39 is 0 Å². The monoisotopic (exact) mass is 330 g/mol. The number of rotatable bonds is 3. The van der Waals surface area contributed by atoms with Gasteiger partial charge in [0.2, 0.25) is 5.69 Å². The normalized spacial score (nSPS) is 14.8. The van der Waals surface area contributed by atoms with Crippen LogP contribution >= 0.6 is 0 Å². The van der Waals surface area contributed by atoms with Crippen LogP contribution in [0.5, 0.6) is 0 Å². The quantitative estimate of drug-likeness (QED) is 0.657. The number of aryl methyl sites for hydroxylation is 2. The smallest absolute Gasteiger partial charge is 0.212 e. The van der Waals surface area contributed by atoms with E-state index >= 15 is 0 Å². The van der Waals surface area contributed by atoms with Gasteiger partial charge in [-0.05, 0) is 43.5 Å². The number of hydrogen-bond acceptors (Lipinski definition) is 2. The highest BCUT2D eigenvalue weighted by Crippen LogP contribution is 2.32. The van der Waals surface area contributed by atoms with Crippen molar-refractivity contribution >= 4 is 0 Å². The van der Waals surface area contributed by atoms with Crippen LogP contribution in [0.25, 0.3) is 22.5 Å². The summed E-state index contributed by atoms with van der Waals surface area (Å²) in [6.45, 7) is 2.15. The maximum absolute atomic E-state index is 4.86. The van der Waals surface area contributed by atoms with Gasteiger partial charge in [-0.1, -0.05) is 31.0 Å². The molecule has 3 aromatic rings. The van der Waals surface area contributed by atoms with E-state index in [1.165, 1.54) is 42.5 Å². The molecule has 1 aromatic carbocycles. The topological polar surface area (TPSA) is 29.7 Å². The second kappa shape index (κ2) is 6.75. The molecule has 126 valence electrons. The molecule has 0 unspecified atom stereocenters. The molecule has 0 N–H and O–H groups in total. The molecule has 2 aromatic heterocycles. The average Bonchev–Trinajstić information content (AvgIpc) is 3.17. The first-order chi connectivity index (χ1) is 12.2. The van der Waals surface area contributed by atoms with Crippen LogP contribution in [0.2, 0.25) is 0 Å². The number of pyridine rings is 1. The van der Waals surface area contributed by atoms with Gasteiger partial charge in [0.1, 0.15) is 12.9 Å². The van der Waals surface area contributed by atoms with Crippen molar-refractivity contribution in [2.45, 2.75) is 38.5 Å². The van der Waals surface area contributed by atoms with Gasteiger partial charge < -0.3 is 0 Å². The standard InChI is InChI=1S/C22H24N3/c1-16-7-3-6-10-19(16)21-12-11-18(15-25(21)2)20-13-14-23-22(24-20)17-8-4-5-9-17/h3,6-7,10-15,17H,4-5,8-9H2,1-2H3/q+1. The molecule has 1 saturated carbocycles. The number of benzene rings is 1. The summed E-state index contributed by atoms with van der Waals surface area (Å²) < 4.78 is 2.19. The fraction of sp³-hybridized carbons (Fsp3) is 0.318. The van der Waals surface area contributed by atoms with E-state index in [9.17, 15) is 0 Å². The van der Waals surface area contributed by atoms with Crippen molar-refractivity contribution in [3.63, 3.8) is 0 Å². The summed E-state index contributed by atoms with van der Waals surface area (Å²) in [6, 6.07) is 14.9. The first-order valence-electron chi connectivity index (χ1n) is 9.11. The Labute approximate surface area is 149 Å². The predicted octanol–water partition coefficient (Wildman–Crippen LogP) is 4.60. The lowest BCUT2D eigenvalue weighted by atomic mass is 10.0. The second-order valence-electron chi connectivity index (χ2n) is 7.01. The number of hydrogen-bond donors (Lipinski definition) is 0. The molecule has 0 amide bonds. The molecule has 0 radical (unpaired) electrons. The van der Waals surface area contributed by atoms with E-state index in [-0.39, 0.29) is 0 Å². The van der Waals surface area contributed by atoms with Crippen LogP contribution in [0.1, 0.15) is 43.0 Å².